The van der Waals surface area contributed by atoms with Gasteiger partial charge in [-0.15, -0.1) is 0 Å². The summed E-state index contributed by atoms with van der Waals surface area (Å²) in [5.41, 5.74) is 5.02. The molecule has 3 amide bonds. The number of aromatic nitrogens is 1. The molecule has 0 saturated heterocycles. The topological polar surface area (TPSA) is 97.1 Å². The van der Waals surface area contributed by atoms with E-state index in [1.807, 2.05) is 0 Å². The fourth-order valence-corrected chi connectivity index (χ4v) is 2.43. The molecule has 0 aliphatic rings. The van der Waals surface area contributed by atoms with Gasteiger partial charge in [0.1, 0.15) is 0 Å². The van der Waals surface area contributed by atoms with Crippen molar-refractivity contribution in [1.29, 1.82) is 0 Å². The Hall–Kier alpha value is -2.75. The molecule has 1 heterocycles. The van der Waals surface area contributed by atoms with Crippen molar-refractivity contribution in [2.75, 3.05) is 16.4 Å². The third-order valence-electron chi connectivity index (χ3n) is 2.83. The zero-order chi connectivity index (χ0) is 18.4. The normalized spacial score (nSPS) is 11.0. The van der Waals surface area contributed by atoms with Crippen LogP contribution in [0.25, 0.3) is 0 Å². The highest BCUT2D eigenvalue weighted by atomic mass is 32.2. The molecule has 2 rings (SSSR count). The van der Waals surface area contributed by atoms with Gasteiger partial charge in [0.2, 0.25) is 5.91 Å². The van der Waals surface area contributed by atoms with Gasteiger partial charge in [0, 0.05) is 17.6 Å². The first-order chi connectivity index (χ1) is 11.7. The van der Waals surface area contributed by atoms with E-state index in [0.717, 1.165) is 24.0 Å². The van der Waals surface area contributed by atoms with Crippen LogP contribution in [-0.2, 0) is 11.0 Å². The minimum atomic E-state index is -4.45. The quantitative estimate of drug-likeness (QED) is 0.704. The van der Waals surface area contributed by atoms with E-state index >= 15 is 0 Å². The third-order valence-corrected chi connectivity index (χ3v) is 3.77. The molecule has 0 unspecified atom stereocenters. The van der Waals surface area contributed by atoms with Crippen LogP contribution in [0.15, 0.2) is 47.6 Å². The summed E-state index contributed by atoms with van der Waals surface area (Å²) in [4.78, 5) is 26.4. The van der Waals surface area contributed by atoms with E-state index in [1.165, 1.54) is 12.1 Å². The number of hydrogen-bond donors (Lipinski definition) is 3. The lowest BCUT2D eigenvalue weighted by atomic mass is 10.3. The molecule has 0 fully saturated rings. The lowest BCUT2D eigenvalue weighted by molar-refractivity contribution is -0.137. The number of carbonyl (C=O) groups is 2. The number of anilines is 2. The molecule has 25 heavy (non-hydrogen) atoms. The van der Waals surface area contributed by atoms with E-state index in [1.54, 1.807) is 18.2 Å². The zero-order valence-corrected chi connectivity index (χ0v) is 13.4. The first kappa shape index (κ1) is 18.6. The largest absolute Gasteiger partial charge is 0.417 e. The molecule has 132 valence electrons. The van der Waals surface area contributed by atoms with Crippen molar-refractivity contribution in [2.45, 2.75) is 11.2 Å². The first-order valence-electron chi connectivity index (χ1n) is 6.86. The Morgan fingerprint density at radius 2 is 1.80 bits per heavy atom. The van der Waals surface area contributed by atoms with Crippen LogP contribution >= 0.6 is 11.8 Å². The molecule has 2 aromatic rings. The van der Waals surface area contributed by atoms with Crippen LogP contribution in [-0.4, -0.2) is 22.7 Å². The minimum Gasteiger partial charge on any atom is -0.351 e. The summed E-state index contributed by atoms with van der Waals surface area (Å²) in [5.74, 6) is -0.408. The number of rotatable bonds is 5. The maximum Gasteiger partial charge on any atom is 0.417 e. The molecule has 10 heteroatoms. The predicted molar refractivity (Wildman–Crippen MR) is 88.2 cm³/mol. The summed E-state index contributed by atoms with van der Waals surface area (Å²) in [6, 6.07) is 7.73. The molecule has 6 nitrogen and oxygen atoms in total. The molecule has 1 aromatic carbocycles. The highest BCUT2D eigenvalue weighted by Crippen LogP contribution is 2.29. The monoisotopic (exact) mass is 370 g/mol. The molecule has 0 spiro atoms. The van der Waals surface area contributed by atoms with Crippen LogP contribution < -0.4 is 16.4 Å². The molecule has 0 bridgehead atoms. The van der Waals surface area contributed by atoms with Gasteiger partial charge in [0.15, 0.2) is 0 Å². The van der Waals surface area contributed by atoms with Crippen LogP contribution in [0.5, 0.6) is 0 Å². The Kier molecular flexibility index (Phi) is 5.86. The van der Waals surface area contributed by atoms with Gasteiger partial charge in [-0.2, -0.15) is 13.2 Å². The highest BCUT2D eigenvalue weighted by molar-refractivity contribution is 7.99. The van der Waals surface area contributed by atoms with Crippen LogP contribution in [0.2, 0.25) is 0 Å². The lowest BCUT2D eigenvalue weighted by Gasteiger charge is -2.08. The number of amides is 3. The standard InChI is InChI=1S/C15H13F3N4O2S/c16-15(17,18)9-4-5-13(20-7-9)25-8-12(23)21-10-2-1-3-11(6-10)22-14(19)24/h1-7H,8H2,(H,21,23)(H3,19,22,24). The number of halogens is 3. The summed E-state index contributed by atoms with van der Waals surface area (Å²) in [7, 11) is 0. The Morgan fingerprint density at radius 1 is 1.12 bits per heavy atom. The summed E-state index contributed by atoms with van der Waals surface area (Å²) in [5, 5.41) is 5.27. The van der Waals surface area contributed by atoms with E-state index in [9.17, 15) is 22.8 Å². The maximum absolute atomic E-state index is 12.4. The van der Waals surface area contributed by atoms with Crippen LogP contribution in [0.1, 0.15) is 5.56 Å². The van der Waals surface area contributed by atoms with E-state index in [2.05, 4.69) is 15.6 Å². The summed E-state index contributed by atoms with van der Waals surface area (Å²) < 4.78 is 37.3. The van der Waals surface area contributed by atoms with E-state index in [4.69, 9.17) is 5.73 Å². The van der Waals surface area contributed by atoms with Crippen LogP contribution in [0.4, 0.5) is 29.3 Å². The Labute approximate surface area is 145 Å². The SMILES string of the molecule is NC(=O)Nc1cccc(NC(=O)CSc2ccc(C(F)(F)F)cn2)c1. The van der Waals surface area contributed by atoms with Crippen molar-refractivity contribution in [3.8, 4) is 0 Å². The van der Waals surface area contributed by atoms with Crippen molar-refractivity contribution in [3.63, 3.8) is 0 Å². The molecule has 0 atom stereocenters. The van der Waals surface area contributed by atoms with Crippen molar-refractivity contribution in [2.24, 2.45) is 5.73 Å². The average molecular weight is 370 g/mol. The van der Waals surface area contributed by atoms with Crippen LogP contribution in [0, 0.1) is 0 Å². The fourth-order valence-electron chi connectivity index (χ4n) is 1.79. The molecule has 1 aromatic heterocycles. The fraction of sp³-hybridized carbons (Fsp3) is 0.133. The molecule has 0 aliphatic carbocycles. The smallest absolute Gasteiger partial charge is 0.351 e. The van der Waals surface area contributed by atoms with Gasteiger partial charge in [-0.3, -0.25) is 4.79 Å². The van der Waals surface area contributed by atoms with Gasteiger partial charge < -0.3 is 16.4 Å². The van der Waals surface area contributed by atoms with Gasteiger partial charge in [0.25, 0.3) is 0 Å². The Bertz CT molecular complexity index is 766. The van der Waals surface area contributed by atoms with Gasteiger partial charge in [-0.1, -0.05) is 17.8 Å². The second-order valence-corrected chi connectivity index (χ2v) is 5.79. The highest BCUT2D eigenvalue weighted by Gasteiger charge is 2.30. The number of nitrogens with one attached hydrogen (secondary N) is 2. The zero-order valence-electron chi connectivity index (χ0n) is 12.6. The maximum atomic E-state index is 12.4. The predicted octanol–water partition coefficient (Wildman–Crippen LogP) is 3.32. The van der Waals surface area contributed by atoms with Crippen molar-refractivity contribution >= 4 is 35.1 Å². The molecule has 0 radical (unpaired) electrons. The average Bonchev–Trinajstić information content (AvgIpc) is 2.52. The lowest BCUT2D eigenvalue weighted by Crippen LogP contribution is -2.19. The Balaban J connectivity index is 1.89. The first-order valence-corrected chi connectivity index (χ1v) is 7.85. The van der Waals surface area contributed by atoms with Gasteiger partial charge in [-0.05, 0) is 30.3 Å². The van der Waals surface area contributed by atoms with E-state index in [0.29, 0.717) is 16.4 Å². The second-order valence-electron chi connectivity index (χ2n) is 4.79. The molecular weight excluding hydrogens is 357 g/mol. The molecular formula is C15H13F3N4O2S. The number of benzene rings is 1. The number of thioether (sulfide) groups is 1. The number of primary amides is 1. The molecule has 0 saturated carbocycles. The number of urea groups is 1. The number of nitrogens with two attached hydrogens (primary N) is 1. The molecule has 0 aliphatic heterocycles. The van der Waals surface area contributed by atoms with Crippen molar-refractivity contribution < 1.29 is 22.8 Å². The van der Waals surface area contributed by atoms with E-state index < -0.39 is 17.8 Å². The van der Waals surface area contributed by atoms with Crippen molar-refractivity contribution in [3.05, 3.63) is 48.2 Å². The van der Waals surface area contributed by atoms with Crippen LogP contribution in [0.3, 0.4) is 0 Å². The van der Waals surface area contributed by atoms with Crippen molar-refractivity contribution in [1.82, 2.24) is 4.98 Å². The number of carbonyl (C=O) groups excluding carboxylic acids is 2. The molecule has 4 N–H and O–H groups in total. The number of alkyl halides is 3. The van der Waals surface area contributed by atoms with E-state index in [-0.39, 0.29) is 11.7 Å². The Morgan fingerprint density at radius 3 is 2.36 bits per heavy atom. The summed E-state index contributed by atoms with van der Waals surface area (Å²) in [6.45, 7) is 0. The summed E-state index contributed by atoms with van der Waals surface area (Å²) in [6.07, 6.45) is -3.73. The number of hydrogen-bond acceptors (Lipinski definition) is 4. The van der Waals surface area contributed by atoms with Gasteiger partial charge >= 0.3 is 12.2 Å². The summed E-state index contributed by atoms with van der Waals surface area (Å²) >= 11 is 1.00. The number of pyridine rings is 1. The van der Waals surface area contributed by atoms with Gasteiger partial charge in [-0.25, -0.2) is 9.78 Å². The second kappa shape index (κ2) is 7.88. The van der Waals surface area contributed by atoms with Gasteiger partial charge in [0.05, 0.1) is 16.3 Å². The minimum absolute atomic E-state index is 0.0359. The number of nitrogens with zero attached hydrogens (tertiary/aromatic N) is 1. The third kappa shape index (κ3) is 5.99.